The smallest absolute Gasteiger partial charge is 0.272 e. The van der Waals surface area contributed by atoms with Crippen LogP contribution in [-0.4, -0.2) is 12.1 Å². The van der Waals surface area contributed by atoms with Crippen molar-refractivity contribution in [1.29, 1.82) is 0 Å². The molecule has 0 spiro atoms. The van der Waals surface area contributed by atoms with Crippen molar-refractivity contribution in [2.75, 3.05) is 0 Å². The van der Waals surface area contributed by atoms with Crippen LogP contribution in [0.25, 0.3) is 10.8 Å². The molecule has 160 valence electrons. The van der Waals surface area contributed by atoms with Crippen LogP contribution in [0.4, 0.5) is 0 Å². The maximum absolute atomic E-state index is 12.4. The van der Waals surface area contributed by atoms with E-state index in [4.69, 9.17) is 27.9 Å². The summed E-state index contributed by atoms with van der Waals surface area (Å²) in [7, 11) is 0. The van der Waals surface area contributed by atoms with Gasteiger partial charge in [-0.3, -0.25) is 4.79 Å². The van der Waals surface area contributed by atoms with E-state index in [9.17, 15) is 4.79 Å². The molecule has 1 amide bonds. The lowest BCUT2D eigenvalue weighted by Gasteiger charge is -2.11. The number of benzene rings is 4. The molecule has 0 heterocycles. The number of carbonyl (C=O) groups excluding carboxylic acids is 1. The Morgan fingerprint density at radius 1 is 1.00 bits per heavy atom. The van der Waals surface area contributed by atoms with Gasteiger partial charge in [0.2, 0.25) is 0 Å². The van der Waals surface area contributed by atoms with Gasteiger partial charge in [-0.15, -0.1) is 0 Å². The molecule has 0 unspecified atom stereocenters. The first-order valence-corrected chi connectivity index (χ1v) is 11.2. The first kappa shape index (κ1) is 22.3. The van der Waals surface area contributed by atoms with Gasteiger partial charge in [0.15, 0.2) is 0 Å². The molecular formula is C25H17BrCl2N2O2. The first-order chi connectivity index (χ1) is 15.5. The molecule has 0 aliphatic rings. The number of nitrogens with zero attached hydrogens (tertiary/aromatic N) is 1. The molecule has 0 fully saturated rings. The van der Waals surface area contributed by atoms with Gasteiger partial charge in [-0.2, -0.15) is 5.10 Å². The highest BCUT2D eigenvalue weighted by Gasteiger charge is 2.10. The second-order valence-electron chi connectivity index (χ2n) is 6.93. The van der Waals surface area contributed by atoms with E-state index < -0.39 is 5.91 Å². The minimum atomic E-state index is -0.434. The lowest BCUT2D eigenvalue weighted by atomic mass is 10.1. The van der Waals surface area contributed by atoms with Gasteiger partial charge in [-0.25, -0.2) is 5.43 Å². The lowest BCUT2D eigenvalue weighted by Crippen LogP contribution is -2.18. The number of ether oxygens (including phenoxy) is 1. The molecule has 0 radical (unpaired) electrons. The van der Waals surface area contributed by atoms with E-state index in [2.05, 4.69) is 44.7 Å². The van der Waals surface area contributed by atoms with E-state index in [1.807, 2.05) is 42.5 Å². The SMILES string of the molecule is O=C(N/N=C\c1cc(Br)ccc1OCc1cccc2ccccc12)c1ccc(Cl)cc1Cl. The number of hydrazone groups is 1. The molecule has 4 aromatic carbocycles. The zero-order valence-electron chi connectivity index (χ0n) is 16.7. The normalized spacial score (nSPS) is 11.1. The highest BCUT2D eigenvalue weighted by molar-refractivity contribution is 9.10. The predicted molar refractivity (Wildman–Crippen MR) is 134 cm³/mol. The van der Waals surface area contributed by atoms with Crippen molar-refractivity contribution in [2.24, 2.45) is 5.10 Å². The van der Waals surface area contributed by atoms with Gasteiger partial charge in [-0.05, 0) is 52.7 Å². The fraction of sp³-hybridized carbons (Fsp3) is 0.0400. The highest BCUT2D eigenvalue weighted by Crippen LogP contribution is 2.25. The summed E-state index contributed by atoms with van der Waals surface area (Å²) in [5.41, 5.74) is 4.56. The monoisotopic (exact) mass is 526 g/mol. The largest absolute Gasteiger partial charge is 0.488 e. The van der Waals surface area contributed by atoms with Gasteiger partial charge >= 0.3 is 0 Å². The number of rotatable bonds is 6. The summed E-state index contributed by atoms with van der Waals surface area (Å²) in [4.78, 5) is 12.4. The minimum absolute atomic E-state index is 0.256. The summed E-state index contributed by atoms with van der Waals surface area (Å²) < 4.78 is 6.96. The third-order valence-corrected chi connectivity index (χ3v) is 5.82. The second-order valence-corrected chi connectivity index (χ2v) is 8.69. The van der Waals surface area contributed by atoms with Crippen molar-refractivity contribution in [1.82, 2.24) is 5.43 Å². The van der Waals surface area contributed by atoms with E-state index in [1.54, 1.807) is 12.1 Å². The zero-order valence-corrected chi connectivity index (χ0v) is 19.8. The van der Waals surface area contributed by atoms with E-state index in [0.717, 1.165) is 20.8 Å². The van der Waals surface area contributed by atoms with Gasteiger partial charge < -0.3 is 4.74 Å². The Hall–Kier alpha value is -2.86. The molecule has 1 N–H and O–H groups in total. The molecule has 0 saturated heterocycles. The molecule has 4 nitrogen and oxygen atoms in total. The third-order valence-electron chi connectivity index (χ3n) is 4.78. The summed E-state index contributed by atoms with van der Waals surface area (Å²) in [5, 5.41) is 7.09. The van der Waals surface area contributed by atoms with E-state index >= 15 is 0 Å². The highest BCUT2D eigenvalue weighted by atomic mass is 79.9. The maximum Gasteiger partial charge on any atom is 0.272 e. The van der Waals surface area contributed by atoms with Crippen LogP contribution in [0.2, 0.25) is 10.0 Å². The van der Waals surface area contributed by atoms with Crippen molar-refractivity contribution < 1.29 is 9.53 Å². The van der Waals surface area contributed by atoms with Crippen molar-refractivity contribution in [3.8, 4) is 5.75 Å². The van der Waals surface area contributed by atoms with Crippen LogP contribution in [0.1, 0.15) is 21.5 Å². The van der Waals surface area contributed by atoms with Crippen LogP contribution in [-0.2, 0) is 6.61 Å². The van der Waals surface area contributed by atoms with Gasteiger partial charge in [0.05, 0.1) is 16.8 Å². The quantitative estimate of drug-likeness (QED) is 0.212. The van der Waals surface area contributed by atoms with E-state index in [-0.39, 0.29) is 10.6 Å². The number of nitrogens with one attached hydrogen (secondary N) is 1. The van der Waals surface area contributed by atoms with Crippen LogP contribution in [0.3, 0.4) is 0 Å². The van der Waals surface area contributed by atoms with Crippen molar-refractivity contribution in [3.63, 3.8) is 0 Å². The summed E-state index contributed by atoms with van der Waals surface area (Å²) in [6.45, 7) is 0.399. The molecule has 0 aromatic heterocycles. The van der Waals surface area contributed by atoms with Crippen LogP contribution in [0, 0.1) is 0 Å². The Labute approximate surface area is 203 Å². The minimum Gasteiger partial charge on any atom is -0.488 e. The van der Waals surface area contributed by atoms with Gasteiger partial charge in [0, 0.05) is 15.1 Å². The zero-order chi connectivity index (χ0) is 22.5. The number of halogens is 3. The molecular weight excluding hydrogens is 511 g/mol. The predicted octanol–water partition coefficient (Wildman–Crippen LogP) is 7.25. The molecule has 0 aliphatic carbocycles. The Morgan fingerprint density at radius 2 is 1.81 bits per heavy atom. The molecule has 0 bridgehead atoms. The Morgan fingerprint density at radius 3 is 2.66 bits per heavy atom. The number of hydrogen-bond acceptors (Lipinski definition) is 3. The average Bonchev–Trinajstić information content (AvgIpc) is 2.78. The molecule has 7 heteroatoms. The number of amides is 1. The average molecular weight is 528 g/mol. The van der Waals surface area contributed by atoms with Crippen LogP contribution < -0.4 is 10.2 Å². The number of carbonyl (C=O) groups is 1. The summed E-state index contributed by atoms with van der Waals surface area (Å²) in [6, 6.07) is 24.6. The van der Waals surface area contributed by atoms with Gasteiger partial charge in [-0.1, -0.05) is 81.6 Å². The van der Waals surface area contributed by atoms with Gasteiger partial charge in [0.25, 0.3) is 5.91 Å². The number of hydrogen-bond donors (Lipinski definition) is 1. The fourth-order valence-electron chi connectivity index (χ4n) is 3.22. The second kappa shape index (κ2) is 10.2. The Balaban J connectivity index is 1.50. The molecule has 0 aliphatic heterocycles. The summed E-state index contributed by atoms with van der Waals surface area (Å²) in [5.74, 6) is 0.208. The van der Waals surface area contributed by atoms with Crippen LogP contribution in [0.5, 0.6) is 5.75 Å². The van der Waals surface area contributed by atoms with E-state index in [1.165, 1.54) is 12.3 Å². The van der Waals surface area contributed by atoms with Crippen molar-refractivity contribution >= 4 is 62.0 Å². The Bertz CT molecular complexity index is 1320. The van der Waals surface area contributed by atoms with Gasteiger partial charge in [0.1, 0.15) is 12.4 Å². The van der Waals surface area contributed by atoms with Crippen LogP contribution in [0.15, 0.2) is 88.4 Å². The van der Waals surface area contributed by atoms with Crippen molar-refractivity contribution in [2.45, 2.75) is 6.61 Å². The topological polar surface area (TPSA) is 50.7 Å². The van der Waals surface area contributed by atoms with E-state index in [0.29, 0.717) is 22.9 Å². The Kier molecular flexibility index (Phi) is 7.10. The maximum atomic E-state index is 12.4. The molecule has 4 rings (SSSR count). The summed E-state index contributed by atoms with van der Waals surface area (Å²) in [6.07, 6.45) is 1.53. The van der Waals surface area contributed by atoms with Crippen LogP contribution >= 0.6 is 39.1 Å². The molecule has 4 aromatic rings. The third kappa shape index (κ3) is 5.30. The molecule has 32 heavy (non-hydrogen) atoms. The first-order valence-electron chi connectivity index (χ1n) is 9.69. The molecule has 0 atom stereocenters. The fourth-order valence-corrected chi connectivity index (χ4v) is 4.09. The van der Waals surface area contributed by atoms with Crippen molar-refractivity contribution in [3.05, 3.63) is 110 Å². The summed E-state index contributed by atoms with van der Waals surface area (Å²) >= 11 is 15.4. The number of fused-ring (bicyclic) bond motifs is 1. The lowest BCUT2D eigenvalue weighted by molar-refractivity contribution is 0.0955. The molecule has 0 saturated carbocycles. The standard InChI is InChI=1S/C25H17BrCl2N2O2/c26-19-8-11-24(32-15-17-6-3-5-16-4-1-2-7-21(16)17)18(12-19)14-29-30-25(31)22-10-9-20(27)13-23(22)28/h1-14H,15H2,(H,30,31)/b29-14-.